The van der Waals surface area contributed by atoms with E-state index in [9.17, 15) is 13.6 Å². The van der Waals surface area contributed by atoms with Gasteiger partial charge in [-0.05, 0) is 45.0 Å². The van der Waals surface area contributed by atoms with Crippen LogP contribution >= 0.6 is 0 Å². The fourth-order valence-electron chi connectivity index (χ4n) is 2.34. The largest absolute Gasteiger partial charge is 0.396 e. The van der Waals surface area contributed by atoms with Crippen molar-refractivity contribution in [1.82, 2.24) is 10.2 Å². The second kappa shape index (κ2) is 6.17. The molecule has 1 saturated heterocycles. The van der Waals surface area contributed by atoms with Crippen molar-refractivity contribution in [3.8, 4) is 0 Å². The molecule has 0 saturated carbocycles. The molecule has 0 aromatic heterocycles. The van der Waals surface area contributed by atoms with Crippen LogP contribution in [0.2, 0.25) is 0 Å². The van der Waals surface area contributed by atoms with Gasteiger partial charge in [0.25, 0.3) is 5.91 Å². The number of hydrogen-bond acceptors (Lipinski definition) is 3. The van der Waals surface area contributed by atoms with Gasteiger partial charge in [-0.15, -0.1) is 0 Å². The number of hydrogen-bond donors (Lipinski definition) is 2. The summed E-state index contributed by atoms with van der Waals surface area (Å²) in [4.78, 5) is 14.1. The van der Waals surface area contributed by atoms with Gasteiger partial charge in [0, 0.05) is 12.6 Å². The molecule has 1 amide bonds. The Morgan fingerprint density at radius 3 is 2.65 bits per heavy atom. The number of rotatable bonds is 3. The first-order valence-electron chi connectivity index (χ1n) is 6.68. The number of piperidine rings is 1. The number of nitrogens with zero attached hydrogens (tertiary/aromatic N) is 1. The Hall–Kier alpha value is -1.69. The second-order valence-electron chi connectivity index (χ2n) is 5.31. The van der Waals surface area contributed by atoms with Crippen LogP contribution in [0.25, 0.3) is 0 Å². The molecule has 1 aromatic rings. The summed E-state index contributed by atoms with van der Waals surface area (Å²) in [7, 11) is 2.06. The van der Waals surface area contributed by atoms with E-state index in [1.54, 1.807) is 0 Å². The molecule has 0 unspecified atom stereocenters. The molecule has 4 nitrogen and oxygen atoms in total. The minimum absolute atomic E-state index is 0.211. The van der Waals surface area contributed by atoms with Crippen molar-refractivity contribution in [2.24, 2.45) is 5.92 Å². The van der Waals surface area contributed by atoms with E-state index in [4.69, 9.17) is 5.73 Å². The van der Waals surface area contributed by atoms with Gasteiger partial charge < -0.3 is 16.0 Å². The van der Waals surface area contributed by atoms with Gasteiger partial charge in [0.1, 0.15) is 11.6 Å². The topological polar surface area (TPSA) is 58.4 Å². The number of anilines is 1. The summed E-state index contributed by atoms with van der Waals surface area (Å²) in [6.45, 7) is 2.50. The summed E-state index contributed by atoms with van der Waals surface area (Å²) < 4.78 is 26.6. The van der Waals surface area contributed by atoms with Gasteiger partial charge in [-0.2, -0.15) is 0 Å². The smallest absolute Gasteiger partial charge is 0.254 e. The van der Waals surface area contributed by atoms with Gasteiger partial charge in [-0.25, -0.2) is 8.78 Å². The van der Waals surface area contributed by atoms with E-state index in [-0.39, 0.29) is 11.3 Å². The number of carbonyl (C=O) groups is 1. The number of carbonyl (C=O) groups excluding carboxylic acids is 1. The van der Waals surface area contributed by atoms with E-state index in [0.717, 1.165) is 32.0 Å². The summed E-state index contributed by atoms with van der Waals surface area (Å²) in [5, 5.41) is 2.70. The first-order valence-corrected chi connectivity index (χ1v) is 6.68. The lowest BCUT2D eigenvalue weighted by Gasteiger charge is -2.28. The Bertz CT molecular complexity index is 499. The van der Waals surface area contributed by atoms with Gasteiger partial charge in [0.2, 0.25) is 0 Å². The highest BCUT2D eigenvalue weighted by atomic mass is 19.1. The van der Waals surface area contributed by atoms with Crippen LogP contribution in [-0.2, 0) is 0 Å². The standard InChI is InChI=1S/C14H19F2N3O/c1-19-4-2-9(3-5-19)8-18-14(20)10-6-13(17)12(16)7-11(10)15/h6-7,9H,2-5,8,17H2,1H3,(H,18,20). The first-order chi connectivity index (χ1) is 9.47. The van der Waals surface area contributed by atoms with E-state index in [2.05, 4.69) is 17.3 Å². The zero-order chi connectivity index (χ0) is 14.7. The van der Waals surface area contributed by atoms with Crippen LogP contribution in [0.4, 0.5) is 14.5 Å². The Balaban J connectivity index is 1.93. The van der Waals surface area contributed by atoms with Crippen molar-refractivity contribution in [2.75, 3.05) is 32.4 Å². The number of benzene rings is 1. The molecule has 6 heteroatoms. The predicted molar refractivity (Wildman–Crippen MR) is 73.3 cm³/mol. The molecule has 1 heterocycles. The predicted octanol–water partition coefficient (Wildman–Crippen LogP) is 1.62. The minimum Gasteiger partial charge on any atom is -0.396 e. The minimum atomic E-state index is -0.891. The zero-order valence-electron chi connectivity index (χ0n) is 11.5. The Kier molecular flexibility index (Phi) is 4.54. The summed E-state index contributed by atoms with van der Waals surface area (Å²) >= 11 is 0. The average molecular weight is 283 g/mol. The second-order valence-corrected chi connectivity index (χ2v) is 5.31. The quantitative estimate of drug-likeness (QED) is 0.829. The van der Waals surface area contributed by atoms with Gasteiger partial charge in [-0.3, -0.25) is 4.79 Å². The SMILES string of the molecule is CN1CCC(CNC(=O)c2cc(N)c(F)cc2F)CC1. The fourth-order valence-corrected chi connectivity index (χ4v) is 2.34. The normalized spacial score (nSPS) is 17.1. The van der Waals surface area contributed by atoms with Crippen LogP contribution in [0.1, 0.15) is 23.2 Å². The van der Waals surface area contributed by atoms with Crippen molar-refractivity contribution >= 4 is 11.6 Å². The Morgan fingerprint density at radius 1 is 1.35 bits per heavy atom. The molecule has 1 aliphatic rings. The van der Waals surface area contributed by atoms with E-state index in [0.29, 0.717) is 18.5 Å². The van der Waals surface area contributed by atoms with Crippen LogP contribution in [0.5, 0.6) is 0 Å². The van der Waals surface area contributed by atoms with Crippen LogP contribution < -0.4 is 11.1 Å². The molecule has 1 aliphatic heterocycles. The summed E-state index contributed by atoms with van der Waals surface area (Å²) in [5.41, 5.74) is 4.92. The third-order valence-corrected chi connectivity index (χ3v) is 3.72. The first kappa shape index (κ1) is 14.7. The lowest BCUT2D eigenvalue weighted by molar-refractivity contribution is 0.0935. The molecule has 0 atom stereocenters. The molecule has 20 heavy (non-hydrogen) atoms. The summed E-state index contributed by atoms with van der Waals surface area (Å²) in [6.07, 6.45) is 2.01. The molecule has 3 N–H and O–H groups in total. The summed E-state index contributed by atoms with van der Waals surface area (Å²) in [6, 6.07) is 1.68. The van der Waals surface area contributed by atoms with E-state index in [1.807, 2.05) is 0 Å². The van der Waals surface area contributed by atoms with Crippen molar-refractivity contribution in [2.45, 2.75) is 12.8 Å². The van der Waals surface area contributed by atoms with Crippen LogP contribution in [0.15, 0.2) is 12.1 Å². The van der Waals surface area contributed by atoms with Crippen molar-refractivity contribution in [3.05, 3.63) is 29.3 Å². The lowest BCUT2D eigenvalue weighted by atomic mass is 9.97. The third kappa shape index (κ3) is 3.45. The van der Waals surface area contributed by atoms with Crippen LogP contribution in [0, 0.1) is 17.6 Å². The third-order valence-electron chi connectivity index (χ3n) is 3.72. The summed E-state index contributed by atoms with van der Waals surface area (Å²) in [5.74, 6) is -1.89. The molecule has 0 bridgehead atoms. The van der Waals surface area contributed by atoms with Gasteiger partial charge >= 0.3 is 0 Å². The number of amides is 1. The molecule has 110 valence electrons. The number of nitrogens with one attached hydrogen (secondary N) is 1. The molecule has 1 aromatic carbocycles. The fraction of sp³-hybridized carbons (Fsp3) is 0.500. The van der Waals surface area contributed by atoms with Crippen molar-refractivity contribution in [1.29, 1.82) is 0 Å². The zero-order valence-corrected chi connectivity index (χ0v) is 11.5. The highest BCUT2D eigenvalue weighted by molar-refractivity contribution is 5.95. The molecule has 0 aliphatic carbocycles. The lowest BCUT2D eigenvalue weighted by Crippen LogP contribution is -2.37. The van der Waals surface area contributed by atoms with E-state index >= 15 is 0 Å². The molecular weight excluding hydrogens is 264 g/mol. The molecular formula is C14H19F2N3O. The maximum atomic E-state index is 13.5. The molecule has 2 rings (SSSR count). The van der Waals surface area contributed by atoms with Crippen molar-refractivity contribution in [3.63, 3.8) is 0 Å². The van der Waals surface area contributed by atoms with Gasteiger partial charge in [0.05, 0.1) is 11.3 Å². The number of halogens is 2. The monoisotopic (exact) mass is 283 g/mol. The molecule has 0 radical (unpaired) electrons. The maximum absolute atomic E-state index is 13.5. The van der Waals surface area contributed by atoms with Crippen LogP contribution in [-0.4, -0.2) is 37.5 Å². The van der Waals surface area contributed by atoms with E-state index in [1.165, 1.54) is 0 Å². The van der Waals surface area contributed by atoms with Crippen LogP contribution in [0.3, 0.4) is 0 Å². The Morgan fingerprint density at radius 2 is 2.00 bits per heavy atom. The highest BCUT2D eigenvalue weighted by Gasteiger charge is 2.19. The van der Waals surface area contributed by atoms with Gasteiger partial charge in [-0.1, -0.05) is 0 Å². The molecule has 0 spiro atoms. The number of likely N-dealkylation sites (tertiary alicyclic amines) is 1. The Labute approximate surface area is 116 Å². The van der Waals surface area contributed by atoms with Gasteiger partial charge in [0.15, 0.2) is 0 Å². The number of nitrogen functional groups attached to an aromatic ring is 1. The average Bonchev–Trinajstić information content (AvgIpc) is 2.42. The highest BCUT2D eigenvalue weighted by Crippen LogP contribution is 2.18. The maximum Gasteiger partial charge on any atom is 0.254 e. The van der Waals surface area contributed by atoms with E-state index < -0.39 is 17.5 Å². The molecule has 1 fully saturated rings. The van der Waals surface area contributed by atoms with Crippen molar-refractivity contribution < 1.29 is 13.6 Å². The number of nitrogens with two attached hydrogens (primary N) is 1.